The Kier molecular flexibility index (Phi) is 5.50. The van der Waals surface area contributed by atoms with Crippen molar-refractivity contribution in [2.45, 2.75) is 30.9 Å². The second kappa shape index (κ2) is 7.70. The first-order valence-electron chi connectivity index (χ1n) is 8.23. The number of thioether (sulfide) groups is 1. The van der Waals surface area contributed by atoms with Crippen molar-refractivity contribution in [2.24, 2.45) is 7.05 Å². The summed E-state index contributed by atoms with van der Waals surface area (Å²) in [5.41, 5.74) is -2.85. The molecule has 28 heavy (non-hydrogen) atoms. The predicted molar refractivity (Wildman–Crippen MR) is 98.8 cm³/mol. The third kappa shape index (κ3) is 4.38. The summed E-state index contributed by atoms with van der Waals surface area (Å²) >= 11 is -0.259. The molecule has 0 fully saturated rings. The zero-order chi connectivity index (χ0) is 20.5. The SMILES string of the molecule is Cc1ccc(C)c(OCc2c(SC(F)(F)F)cccc2-n2nnn(C)c2=O)c1. The summed E-state index contributed by atoms with van der Waals surface area (Å²) in [5, 5.41) is 7.37. The molecule has 0 atom stereocenters. The van der Waals surface area contributed by atoms with Gasteiger partial charge >= 0.3 is 11.2 Å². The maximum atomic E-state index is 13.0. The van der Waals surface area contributed by atoms with Crippen molar-refractivity contribution >= 4 is 11.8 Å². The number of halogens is 3. The summed E-state index contributed by atoms with van der Waals surface area (Å²) in [4.78, 5) is 12.2. The lowest BCUT2D eigenvalue weighted by atomic mass is 10.1. The van der Waals surface area contributed by atoms with Crippen LogP contribution >= 0.6 is 11.8 Å². The zero-order valence-corrected chi connectivity index (χ0v) is 16.1. The average molecular weight is 410 g/mol. The van der Waals surface area contributed by atoms with Crippen LogP contribution in [0.2, 0.25) is 0 Å². The van der Waals surface area contributed by atoms with Crippen LogP contribution < -0.4 is 10.4 Å². The topological polar surface area (TPSA) is 61.9 Å². The minimum Gasteiger partial charge on any atom is -0.489 e. The average Bonchev–Trinajstić information content (AvgIpc) is 2.94. The summed E-state index contributed by atoms with van der Waals surface area (Å²) in [6.45, 7) is 3.57. The maximum Gasteiger partial charge on any atom is 0.446 e. The van der Waals surface area contributed by atoms with Crippen LogP contribution in [0.4, 0.5) is 13.2 Å². The molecule has 0 aliphatic heterocycles. The Balaban J connectivity index is 2.06. The highest BCUT2D eigenvalue weighted by Crippen LogP contribution is 2.40. The third-order valence-corrected chi connectivity index (χ3v) is 4.83. The number of aromatic nitrogens is 4. The van der Waals surface area contributed by atoms with Gasteiger partial charge in [-0.05, 0) is 65.4 Å². The molecule has 2 aromatic carbocycles. The van der Waals surface area contributed by atoms with Gasteiger partial charge < -0.3 is 4.74 Å². The van der Waals surface area contributed by atoms with Crippen molar-refractivity contribution in [2.75, 3.05) is 0 Å². The van der Waals surface area contributed by atoms with Gasteiger partial charge in [0.15, 0.2) is 0 Å². The highest BCUT2D eigenvalue weighted by Gasteiger charge is 2.31. The first kappa shape index (κ1) is 20.0. The lowest BCUT2D eigenvalue weighted by molar-refractivity contribution is -0.0328. The fraction of sp³-hybridized carbons (Fsp3) is 0.278. The van der Waals surface area contributed by atoms with Crippen LogP contribution in [0.3, 0.4) is 0 Å². The molecule has 1 heterocycles. The lowest BCUT2D eigenvalue weighted by Crippen LogP contribution is -2.23. The smallest absolute Gasteiger partial charge is 0.446 e. The van der Waals surface area contributed by atoms with E-state index in [-0.39, 0.29) is 34.5 Å². The van der Waals surface area contributed by atoms with E-state index in [0.717, 1.165) is 20.5 Å². The number of hydrogen-bond acceptors (Lipinski definition) is 5. The molecule has 10 heteroatoms. The van der Waals surface area contributed by atoms with Gasteiger partial charge in [0.25, 0.3) is 0 Å². The fourth-order valence-electron chi connectivity index (χ4n) is 2.60. The van der Waals surface area contributed by atoms with Crippen molar-refractivity contribution in [3.8, 4) is 11.4 Å². The molecule has 0 aliphatic carbocycles. The molecule has 0 spiro atoms. The molecule has 0 saturated carbocycles. The van der Waals surface area contributed by atoms with E-state index >= 15 is 0 Å². The van der Waals surface area contributed by atoms with E-state index in [0.29, 0.717) is 5.75 Å². The van der Waals surface area contributed by atoms with Crippen molar-refractivity contribution in [1.82, 2.24) is 19.8 Å². The van der Waals surface area contributed by atoms with E-state index in [1.54, 1.807) is 0 Å². The number of alkyl halides is 3. The molecule has 3 aromatic rings. The van der Waals surface area contributed by atoms with Crippen molar-refractivity contribution in [3.05, 3.63) is 63.6 Å². The lowest BCUT2D eigenvalue weighted by Gasteiger charge is -2.16. The molecule has 148 valence electrons. The van der Waals surface area contributed by atoms with Crippen LogP contribution in [-0.2, 0) is 13.7 Å². The number of nitrogens with zero attached hydrogens (tertiary/aromatic N) is 4. The highest BCUT2D eigenvalue weighted by molar-refractivity contribution is 8.00. The first-order chi connectivity index (χ1) is 13.2. The van der Waals surface area contributed by atoms with Crippen LogP contribution in [0.1, 0.15) is 16.7 Å². The quantitative estimate of drug-likeness (QED) is 0.599. The Bertz CT molecular complexity index is 1060. The summed E-state index contributed by atoms with van der Waals surface area (Å²) in [5.74, 6) is 0.559. The second-order valence-corrected chi connectivity index (χ2v) is 7.26. The van der Waals surface area contributed by atoms with Gasteiger partial charge in [-0.15, -0.1) is 0 Å². The number of aryl methyl sites for hydroxylation is 3. The fourth-order valence-corrected chi connectivity index (χ4v) is 3.28. The number of tetrazole rings is 1. The molecule has 3 rings (SSSR count). The number of ether oxygens (including phenoxy) is 1. The molecule has 0 unspecified atom stereocenters. The van der Waals surface area contributed by atoms with Gasteiger partial charge in [0, 0.05) is 17.5 Å². The zero-order valence-electron chi connectivity index (χ0n) is 15.3. The standard InChI is InChI=1S/C18H17F3N4O2S/c1-11-7-8-12(2)15(9-11)27-10-13-14(25-17(26)24(3)22-23-25)5-4-6-16(13)28-18(19,20)21/h4-9H,10H2,1-3H3. The van der Waals surface area contributed by atoms with E-state index in [1.165, 1.54) is 25.2 Å². The normalized spacial score (nSPS) is 11.6. The van der Waals surface area contributed by atoms with Crippen molar-refractivity contribution in [3.63, 3.8) is 0 Å². The minimum absolute atomic E-state index is 0.0622. The minimum atomic E-state index is -4.49. The Hall–Kier alpha value is -2.75. The first-order valence-corrected chi connectivity index (χ1v) is 9.04. The Labute approximate surface area is 162 Å². The van der Waals surface area contributed by atoms with Gasteiger partial charge in [0.2, 0.25) is 0 Å². The summed E-state index contributed by atoms with van der Waals surface area (Å²) in [6.07, 6.45) is 0. The molecule has 6 nitrogen and oxygen atoms in total. The molecule has 1 aromatic heterocycles. The largest absolute Gasteiger partial charge is 0.489 e. The monoisotopic (exact) mass is 410 g/mol. The van der Waals surface area contributed by atoms with Gasteiger partial charge in [-0.2, -0.15) is 22.5 Å². The van der Waals surface area contributed by atoms with Gasteiger partial charge in [-0.3, -0.25) is 0 Å². The number of hydrogen-bond donors (Lipinski definition) is 0. The molecule has 0 N–H and O–H groups in total. The highest BCUT2D eigenvalue weighted by atomic mass is 32.2. The maximum absolute atomic E-state index is 13.0. The van der Waals surface area contributed by atoms with Crippen LogP contribution in [0.25, 0.3) is 5.69 Å². The van der Waals surface area contributed by atoms with Crippen LogP contribution in [0.5, 0.6) is 5.75 Å². The Morgan fingerprint density at radius 2 is 1.89 bits per heavy atom. The van der Waals surface area contributed by atoms with Crippen LogP contribution in [0.15, 0.2) is 46.1 Å². The van der Waals surface area contributed by atoms with Crippen LogP contribution in [-0.4, -0.2) is 25.3 Å². The van der Waals surface area contributed by atoms with Crippen LogP contribution in [0, 0.1) is 13.8 Å². The molecular formula is C18H17F3N4O2S. The van der Waals surface area contributed by atoms with E-state index < -0.39 is 11.2 Å². The van der Waals surface area contributed by atoms with E-state index in [4.69, 9.17) is 4.74 Å². The van der Waals surface area contributed by atoms with Gasteiger partial charge in [-0.25, -0.2) is 4.79 Å². The third-order valence-electron chi connectivity index (χ3n) is 4.00. The van der Waals surface area contributed by atoms with E-state index in [1.807, 2.05) is 32.0 Å². The van der Waals surface area contributed by atoms with E-state index in [2.05, 4.69) is 10.4 Å². The molecule has 0 aliphatic rings. The number of rotatable bonds is 5. The summed E-state index contributed by atoms with van der Waals surface area (Å²) in [6, 6.07) is 9.88. The number of benzene rings is 2. The summed E-state index contributed by atoms with van der Waals surface area (Å²) in [7, 11) is 1.41. The Morgan fingerprint density at radius 3 is 2.54 bits per heavy atom. The van der Waals surface area contributed by atoms with Crippen molar-refractivity contribution < 1.29 is 17.9 Å². The molecule has 0 amide bonds. The summed E-state index contributed by atoms with van der Waals surface area (Å²) < 4.78 is 46.9. The van der Waals surface area contributed by atoms with Gasteiger partial charge in [0.1, 0.15) is 12.4 Å². The molecule has 0 bridgehead atoms. The Morgan fingerprint density at radius 1 is 1.14 bits per heavy atom. The molecule has 0 saturated heterocycles. The molecule has 0 radical (unpaired) electrons. The van der Waals surface area contributed by atoms with E-state index in [9.17, 15) is 18.0 Å². The molecular weight excluding hydrogens is 393 g/mol. The van der Waals surface area contributed by atoms with Crippen molar-refractivity contribution in [1.29, 1.82) is 0 Å². The second-order valence-electron chi connectivity index (χ2n) is 6.16. The predicted octanol–water partition coefficient (Wildman–Crippen LogP) is 3.77. The van der Waals surface area contributed by atoms with Gasteiger partial charge in [0.05, 0.1) is 5.69 Å². The van der Waals surface area contributed by atoms with Gasteiger partial charge in [-0.1, -0.05) is 18.2 Å².